The molecule has 0 amide bonds. The van der Waals surface area contributed by atoms with E-state index < -0.39 is 11.9 Å². The van der Waals surface area contributed by atoms with Crippen LogP contribution in [-0.4, -0.2) is 16.1 Å². The van der Waals surface area contributed by atoms with Crippen LogP contribution in [0.3, 0.4) is 0 Å². The molecule has 1 unspecified atom stereocenters. The summed E-state index contributed by atoms with van der Waals surface area (Å²) < 4.78 is 0. The fourth-order valence-corrected chi connectivity index (χ4v) is 1.49. The molecule has 1 aromatic rings. The first-order valence-corrected chi connectivity index (χ1v) is 5.04. The molecule has 0 fully saturated rings. The van der Waals surface area contributed by atoms with Gasteiger partial charge in [0.2, 0.25) is 0 Å². The van der Waals surface area contributed by atoms with Gasteiger partial charge in [-0.15, -0.1) is 0 Å². The predicted molar refractivity (Wildman–Crippen MR) is 58.5 cm³/mol. The van der Waals surface area contributed by atoms with Gasteiger partial charge in [0.05, 0.1) is 5.92 Å². The lowest BCUT2D eigenvalue weighted by Crippen LogP contribution is -2.30. The largest absolute Gasteiger partial charge is 0.481 e. The standard InChI is InChI=1S/C12H17NO2/c1-12(2,3)10(11(14)15)8-9-6-4-5-7-13-9/h4-7,10H,8H2,1-3H3,(H,14,15). The van der Waals surface area contributed by atoms with Crippen LogP contribution >= 0.6 is 0 Å². The highest BCUT2D eigenvalue weighted by atomic mass is 16.4. The second-order valence-electron chi connectivity index (χ2n) is 4.78. The monoisotopic (exact) mass is 207 g/mol. The SMILES string of the molecule is CC(C)(C)C(Cc1ccccn1)C(=O)O. The first-order valence-electron chi connectivity index (χ1n) is 5.04. The number of hydrogen-bond donors (Lipinski definition) is 1. The predicted octanol–water partition coefficient (Wildman–Crippen LogP) is 2.37. The van der Waals surface area contributed by atoms with Crippen molar-refractivity contribution in [2.75, 3.05) is 0 Å². The number of hydrogen-bond acceptors (Lipinski definition) is 2. The molecule has 82 valence electrons. The third kappa shape index (κ3) is 3.35. The average Bonchev–Trinajstić information content (AvgIpc) is 2.13. The van der Waals surface area contributed by atoms with Gasteiger partial charge >= 0.3 is 5.97 Å². The van der Waals surface area contributed by atoms with Gasteiger partial charge in [0, 0.05) is 18.3 Å². The van der Waals surface area contributed by atoms with E-state index in [1.807, 2.05) is 39.0 Å². The summed E-state index contributed by atoms with van der Waals surface area (Å²) in [6.07, 6.45) is 2.18. The van der Waals surface area contributed by atoms with Crippen LogP contribution in [0.5, 0.6) is 0 Å². The molecule has 3 nitrogen and oxygen atoms in total. The minimum absolute atomic E-state index is 0.247. The highest BCUT2D eigenvalue weighted by Gasteiger charge is 2.31. The highest BCUT2D eigenvalue weighted by Crippen LogP contribution is 2.28. The second-order valence-corrected chi connectivity index (χ2v) is 4.78. The summed E-state index contributed by atoms with van der Waals surface area (Å²) in [5.74, 6) is -1.15. The summed E-state index contributed by atoms with van der Waals surface area (Å²) in [4.78, 5) is 15.3. The number of nitrogens with zero attached hydrogens (tertiary/aromatic N) is 1. The van der Waals surface area contributed by atoms with Crippen molar-refractivity contribution >= 4 is 5.97 Å². The molecule has 1 rings (SSSR count). The molecule has 1 N–H and O–H groups in total. The first-order chi connectivity index (χ1) is 6.91. The fraction of sp³-hybridized carbons (Fsp3) is 0.500. The molecule has 0 aromatic carbocycles. The van der Waals surface area contributed by atoms with E-state index in [0.29, 0.717) is 6.42 Å². The van der Waals surface area contributed by atoms with E-state index in [1.165, 1.54) is 0 Å². The summed E-state index contributed by atoms with van der Waals surface area (Å²) >= 11 is 0. The number of aliphatic carboxylic acids is 1. The Morgan fingerprint density at radius 2 is 2.13 bits per heavy atom. The molecule has 0 spiro atoms. The zero-order chi connectivity index (χ0) is 11.5. The molecule has 0 aliphatic heterocycles. The van der Waals surface area contributed by atoms with Crippen LogP contribution in [0.15, 0.2) is 24.4 Å². The van der Waals surface area contributed by atoms with E-state index >= 15 is 0 Å². The first kappa shape index (κ1) is 11.7. The Balaban J connectivity index is 2.82. The van der Waals surface area contributed by atoms with Crippen LogP contribution in [0.2, 0.25) is 0 Å². The molecule has 0 saturated carbocycles. The summed E-state index contributed by atoms with van der Waals surface area (Å²) in [6.45, 7) is 5.82. The van der Waals surface area contributed by atoms with Crippen LogP contribution in [0, 0.1) is 11.3 Å². The van der Waals surface area contributed by atoms with Crippen molar-refractivity contribution in [2.24, 2.45) is 11.3 Å². The maximum Gasteiger partial charge on any atom is 0.307 e. The van der Waals surface area contributed by atoms with E-state index in [-0.39, 0.29) is 5.41 Å². The fourth-order valence-electron chi connectivity index (χ4n) is 1.49. The van der Waals surface area contributed by atoms with Crippen molar-refractivity contribution < 1.29 is 9.90 Å². The topological polar surface area (TPSA) is 50.2 Å². The van der Waals surface area contributed by atoms with Gasteiger partial charge in [-0.3, -0.25) is 9.78 Å². The third-order valence-electron chi connectivity index (χ3n) is 2.48. The Morgan fingerprint density at radius 3 is 2.53 bits per heavy atom. The van der Waals surface area contributed by atoms with Gasteiger partial charge in [-0.25, -0.2) is 0 Å². The number of aromatic nitrogens is 1. The minimum Gasteiger partial charge on any atom is -0.481 e. The van der Waals surface area contributed by atoms with Gasteiger partial charge in [0.1, 0.15) is 0 Å². The quantitative estimate of drug-likeness (QED) is 0.827. The molecular weight excluding hydrogens is 190 g/mol. The van der Waals surface area contributed by atoms with Crippen molar-refractivity contribution in [3.63, 3.8) is 0 Å². The second kappa shape index (κ2) is 4.43. The van der Waals surface area contributed by atoms with Crippen molar-refractivity contribution in [2.45, 2.75) is 27.2 Å². The average molecular weight is 207 g/mol. The van der Waals surface area contributed by atoms with Gasteiger partial charge in [-0.05, 0) is 17.5 Å². The Kier molecular flexibility index (Phi) is 3.45. The van der Waals surface area contributed by atoms with Crippen LogP contribution < -0.4 is 0 Å². The summed E-state index contributed by atoms with van der Waals surface area (Å²) in [5, 5.41) is 9.14. The zero-order valence-electron chi connectivity index (χ0n) is 9.40. The molecule has 0 saturated heterocycles. The lowest BCUT2D eigenvalue weighted by Gasteiger charge is -2.26. The van der Waals surface area contributed by atoms with E-state index in [1.54, 1.807) is 6.20 Å². The van der Waals surface area contributed by atoms with Gasteiger partial charge in [-0.1, -0.05) is 26.8 Å². The van der Waals surface area contributed by atoms with Crippen molar-refractivity contribution in [1.29, 1.82) is 0 Å². The number of carboxylic acid groups (broad SMARTS) is 1. The third-order valence-corrected chi connectivity index (χ3v) is 2.48. The Morgan fingerprint density at radius 1 is 1.47 bits per heavy atom. The van der Waals surface area contributed by atoms with Crippen LogP contribution in [-0.2, 0) is 11.2 Å². The van der Waals surface area contributed by atoms with Gasteiger partial charge in [-0.2, -0.15) is 0 Å². The normalized spacial score (nSPS) is 13.5. The maximum absolute atomic E-state index is 11.1. The summed E-state index contributed by atoms with van der Waals surface area (Å²) in [5.41, 5.74) is 0.586. The molecule has 1 heterocycles. The Bertz CT molecular complexity index is 327. The van der Waals surface area contributed by atoms with Gasteiger partial charge < -0.3 is 5.11 Å². The van der Waals surface area contributed by atoms with E-state index in [0.717, 1.165) is 5.69 Å². The van der Waals surface area contributed by atoms with Crippen molar-refractivity contribution in [3.8, 4) is 0 Å². The molecule has 0 radical (unpaired) electrons. The molecule has 0 aliphatic rings. The van der Waals surface area contributed by atoms with E-state index in [9.17, 15) is 4.79 Å². The van der Waals surface area contributed by atoms with Crippen LogP contribution in [0.4, 0.5) is 0 Å². The smallest absolute Gasteiger partial charge is 0.307 e. The molecule has 15 heavy (non-hydrogen) atoms. The zero-order valence-corrected chi connectivity index (χ0v) is 9.40. The number of carboxylic acids is 1. The molecule has 0 aliphatic carbocycles. The van der Waals surface area contributed by atoms with Gasteiger partial charge in [0.25, 0.3) is 0 Å². The Labute approximate surface area is 90.2 Å². The maximum atomic E-state index is 11.1. The number of pyridine rings is 1. The highest BCUT2D eigenvalue weighted by molar-refractivity contribution is 5.71. The molecule has 0 bridgehead atoms. The number of carbonyl (C=O) groups is 1. The van der Waals surface area contributed by atoms with Crippen LogP contribution in [0.1, 0.15) is 26.5 Å². The molecular formula is C12H17NO2. The summed E-state index contributed by atoms with van der Waals surface area (Å²) in [6, 6.07) is 5.57. The van der Waals surface area contributed by atoms with Crippen molar-refractivity contribution in [1.82, 2.24) is 4.98 Å². The van der Waals surface area contributed by atoms with E-state index in [2.05, 4.69) is 4.98 Å². The molecule has 3 heteroatoms. The lowest BCUT2D eigenvalue weighted by atomic mass is 9.78. The minimum atomic E-state index is -0.756. The number of rotatable bonds is 3. The molecule has 1 atom stereocenters. The van der Waals surface area contributed by atoms with Crippen molar-refractivity contribution in [3.05, 3.63) is 30.1 Å². The van der Waals surface area contributed by atoms with E-state index in [4.69, 9.17) is 5.11 Å². The Hall–Kier alpha value is -1.38. The summed E-state index contributed by atoms with van der Waals surface area (Å²) in [7, 11) is 0. The van der Waals surface area contributed by atoms with Gasteiger partial charge in [0.15, 0.2) is 0 Å². The van der Waals surface area contributed by atoms with Crippen LogP contribution in [0.25, 0.3) is 0 Å². The lowest BCUT2D eigenvalue weighted by molar-refractivity contribution is -0.145. The molecule has 1 aromatic heterocycles.